The quantitative estimate of drug-likeness (QED) is 0.609. The molecule has 2 N–H and O–H groups in total. The van der Waals surface area contributed by atoms with E-state index in [2.05, 4.69) is 0 Å². The molecule has 0 aliphatic carbocycles. The first-order valence-corrected chi connectivity index (χ1v) is 9.59. The van der Waals surface area contributed by atoms with Crippen LogP contribution in [0.2, 0.25) is 0 Å². The van der Waals surface area contributed by atoms with Gasteiger partial charge >= 0.3 is 12.1 Å². The van der Waals surface area contributed by atoms with Gasteiger partial charge in [-0.25, -0.2) is 8.42 Å². The zero-order chi connectivity index (χ0) is 18.9. The van der Waals surface area contributed by atoms with Crippen LogP contribution in [0.15, 0.2) is 29.2 Å². The average molecular weight is 381 g/mol. The third kappa shape index (κ3) is 7.87. The molecule has 5 nitrogen and oxygen atoms in total. The van der Waals surface area contributed by atoms with Crippen molar-refractivity contribution in [2.24, 2.45) is 0 Å². The highest BCUT2D eigenvalue weighted by Crippen LogP contribution is 2.17. The van der Waals surface area contributed by atoms with Crippen LogP contribution in [0.5, 0.6) is 0 Å². The number of benzene rings is 1. The predicted octanol–water partition coefficient (Wildman–Crippen LogP) is 2.23. The molecule has 0 atom stereocenters. The number of sulfone groups is 1. The number of hydrogen-bond acceptors (Lipinski definition) is 4. The van der Waals surface area contributed by atoms with Gasteiger partial charge in [-0.05, 0) is 43.4 Å². The van der Waals surface area contributed by atoms with Gasteiger partial charge in [0.15, 0.2) is 9.84 Å². The summed E-state index contributed by atoms with van der Waals surface area (Å²) < 4.78 is 60.6. The van der Waals surface area contributed by atoms with E-state index in [0.717, 1.165) is 0 Å². The Morgan fingerprint density at radius 1 is 1.12 bits per heavy atom. The van der Waals surface area contributed by atoms with E-state index in [4.69, 9.17) is 5.11 Å². The molecule has 0 saturated carbocycles. The summed E-state index contributed by atoms with van der Waals surface area (Å²) in [6, 6.07) is 6.27. The fourth-order valence-corrected chi connectivity index (χ4v) is 3.62. The number of aliphatic hydroxyl groups is 1. The molecule has 142 valence electrons. The fourth-order valence-electron chi connectivity index (χ4n) is 2.19. The molecule has 1 amide bonds. The molecule has 0 saturated heterocycles. The summed E-state index contributed by atoms with van der Waals surface area (Å²) in [6.07, 6.45) is -2.65. The molecule has 0 aromatic heterocycles. The standard InChI is InChI=1S/C16H22F3NO4S/c17-16(18,19)15(22)20-9-5-7-13-6-4-8-14(12-13)25(23,24)11-3-1-2-10-21/h4,6,8,12,21H,1-3,5,7,9-11H2,(H,20,22). The Labute approximate surface area is 145 Å². The van der Waals surface area contributed by atoms with E-state index in [-0.39, 0.29) is 30.2 Å². The predicted molar refractivity (Wildman–Crippen MR) is 86.8 cm³/mol. The van der Waals surface area contributed by atoms with Crippen molar-refractivity contribution in [1.29, 1.82) is 0 Å². The Morgan fingerprint density at radius 2 is 1.84 bits per heavy atom. The number of halogens is 3. The van der Waals surface area contributed by atoms with Crippen molar-refractivity contribution in [3.8, 4) is 0 Å². The molecule has 25 heavy (non-hydrogen) atoms. The minimum atomic E-state index is -4.90. The monoisotopic (exact) mass is 381 g/mol. The number of alkyl halides is 3. The summed E-state index contributed by atoms with van der Waals surface area (Å²) >= 11 is 0. The maximum Gasteiger partial charge on any atom is 0.471 e. The first-order chi connectivity index (χ1) is 11.7. The zero-order valence-corrected chi connectivity index (χ0v) is 14.5. The fraction of sp³-hybridized carbons (Fsp3) is 0.562. The Balaban J connectivity index is 2.53. The first-order valence-electron chi connectivity index (χ1n) is 7.94. The molecule has 9 heteroatoms. The summed E-state index contributed by atoms with van der Waals surface area (Å²) in [6.45, 7) is -0.114. The van der Waals surface area contributed by atoms with Crippen LogP contribution in [0.4, 0.5) is 13.2 Å². The highest BCUT2D eigenvalue weighted by molar-refractivity contribution is 7.91. The summed E-state index contributed by atoms with van der Waals surface area (Å²) in [5, 5.41) is 10.5. The van der Waals surface area contributed by atoms with Crippen LogP contribution in [0.25, 0.3) is 0 Å². The third-order valence-electron chi connectivity index (χ3n) is 3.51. The van der Waals surface area contributed by atoms with E-state index in [0.29, 0.717) is 31.2 Å². The summed E-state index contributed by atoms with van der Waals surface area (Å²) in [7, 11) is -3.43. The Hall–Kier alpha value is -1.61. The number of amides is 1. The second-order valence-electron chi connectivity index (χ2n) is 5.61. The van der Waals surface area contributed by atoms with Crippen LogP contribution < -0.4 is 5.32 Å². The van der Waals surface area contributed by atoms with Crippen molar-refractivity contribution in [3.63, 3.8) is 0 Å². The van der Waals surface area contributed by atoms with Gasteiger partial charge in [0, 0.05) is 13.2 Å². The SMILES string of the molecule is O=C(NCCCc1cccc(S(=O)(=O)CCCCCO)c1)C(F)(F)F. The summed E-state index contributed by atoms with van der Waals surface area (Å²) in [5.41, 5.74) is 0.678. The molecule has 0 heterocycles. The zero-order valence-electron chi connectivity index (χ0n) is 13.7. The molecule has 0 bridgehead atoms. The van der Waals surface area contributed by atoms with Crippen LogP contribution in [-0.2, 0) is 21.1 Å². The lowest BCUT2D eigenvalue weighted by Gasteiger charge is -2.09. The van der Waals surface area contributed by atoms with Crippen molar-refractivity contribution in [2.45, 2.75) is 43.2 Å². The van der Waals surface area contributed by atoms with Crippen LogP contribution in [0.3, 0.4) is 0 Å². The Bertz CT molecular complexity index is 660. The van der Waals surface area contributed by atoms with Gasteiger partial charge in [-0.2, -0.15) is 13.2 Å². The minimum Gasteiger partial charge on any atom is -0.396 e. The van der Waals surface area contributed by atoms with Crippen molar-refractivity contribution < 1.29 is 31.5 Å². The van der Waals surface area contributed by atoms with Crippen LogP contribution in [0, 0.1) is 0 Å². The highest BCUT2D eigenvalue weighted by Gasteiger charge is 2.38. The smallest absolute Gasteiger partial charge is 0.396 e. The lowest BCUT2D eigenvalue weighted by atomic mass is 10.1. The first kappa shape index (κ1) is 21.4. The van der Waals surface area contributed by atoms with Gasteiger partial charge in [-0.1, -0.05) is 18.6 Å². The molecule has 1 aromatic carbocycles. The summed E-state index contributed by atoms with van der Waals surface area (Å²) in [5.74, 6) is -2.00. The number of unbranched alkanes of at least 4 members (excludes halogenated alkanes) is 2. The van der Waals surface area contributed by atoms with E-state index in [1.165, 1.54) is 12.1 Å². The molecule has 0 fully saturated rings. The van der Waals surface area contributed by atoms with E-state index in [1.54, 1.807) is 17.4 Å². The maximum absolute atomic E-state index is 12.2. The second kappa shape index (κ2) is 9.76. The summed E-state index contributed by atoms with van der Waals surface area (Å²) in [4.78, 5) is 10.9. The molecule has 0 aliphatic rings. The Morgan fingerprint density at radius 3 is 2.48 bits per heavy atom. The van der Waals surface area contributed by atoms with Crippen LogP contribution in [-0.4, -0.2) is 44.5 Å². The van der Waals surface area contributed by atoms with E-state index >= 15 is 0 Å². The van der Waals surface area contributed by atoms with Crippen molar-refractivity contribution in [1.82, 2.24) is 5.32 Å². The van der Waals surface area contributed by atoms with Gasteiger partial charge in [0.2, 0.25) is 0 Å². The van der Waals surface area contributed by atoms with Crippen molar-refractivity contribution >= 4 is 15.7 Å². The lowest BCUT2D eigenvalue weighted by Crippen LogP contribution is -2.37. The van der Waals surface area contributed by atoms with E-state index in [9.17, 15) is 26.4 Å². The molecule has 0 radical (unpaired) electrons. The van der Waals surface area contributed by atoms with Crippen molar-refractivity contribution in [2.75, 3.05) is 18.9 Å². The van der Waals surface area contributed by atoms with Gasteiger partial charge in [-0.15, -0.1) is 0 Å². The highest BCUT2D eigenvalue weighted by atomic mass is 32.2. The van der Waals surface area contributed by atoms with Crippen molar-refractivity contribution in [3.05, 3.63) is 29.8 Å². The van der Waals surface area contributed by atoms with E-state index < -0.39 is 21.9 Å². The molecule has 1 aromatic rings. The average Bonchev–Trinajstić information content (AvgIpc) is 2.55. The number of aryl methyl sites for hydroxylation is 1. The second-order valence-corrected chi connectivity index (χ2v) is 7.72. The van der Waals surface area contributed by atoms with Gasteiger partial charge in [0.05, 0.1) is 10.6 Å². The van der Waals surface area contributed by atoms with Gasteiger partial charge < -0.3 is 10.4 Å². The normalized spacial score (nSPS) is 12.2. The Kier molecular flexibility index (Phi) is 8.37. The molecule has 0 unspecified atom stereocenters. The largest absolute Gasteiger partial charge is 0.471 e. The van der Waals surface area contributed by atoms with Gasteiger partial charge in [-0.3, -0.25) is 4.79 Å². The number of aliphatic hydroxyl groups excluding tert-OH is 1. The van der Waals surface area contributed by atoms with Crippen LogP contribution in [0.1, 0.15) is 31.2 Å². The lowest BCUT2D eigenvalue weighted by molar-refractivity contribution is -0.173. The van der Waals surface area contributed by atoms with Crippen LogP contribution >= 0.6 is 0 Å². The molecule has 0 spiro atoms. The van der Waals surface area contributed by atoms with Gasteiger partial charge in [0.1, 0.15) is 0 Å². The number of carbonyl (C=O) groups excluding carboxylic acids is 1. The molecular formula is C16H22F3NO4S. The topological polar surface area (TPSA) is 83.5 Å². The molecular weight excluding hydrogens is 359 g/mol. The number of hydrogen-bond donors (Lipinski definition) is 2. The van der Waals surface area contributed by atoms with E-state index in [1.807, 2.05) is 0 Å². The third-order valence-corrected chi connectivity index (χ3v) is 5.31. The minimum absolute atomic E-state index is 0.0158. The number of nitrogens with one attached hydrogen (secondary N) is 1. The maximum atomic E-state index is 12.2. The van der Waals surface area contributed by atoms with Gasteiger partial charge in [0.25, 0.3) is 0 Å². The number of rotatable bonds is 10. The molecule has 1 rings (SSSR count). The molecule has 0 aliphatic heterocycles. The number of carbonyl (C=O) groups is 1.